The third-order valence-electron chi connectivity index (χ3n) is 15.6. The molecule has 0 spiro atoms. The van der Waals surface area contributed by atoms with Crippen LogP contribution in [0.3, 0.4) is 0 Å². The first-order chi connectivity index (χ1) is 35.5. The summed E-state index contributed by atoms with van der Waals surface area (Å²) in [7, 11) is 0. The second kappa shape index (κ2) is 15.4. The zero-order valence-corrected chi connectivity index (χ0v) is 39.9. The summed E-state index contributed by atoms with van der Waals surface area (Å²) in [5.74, 6) is 0. The lowest BCUT2D eigenvalue weighted by atomic mass is 9.82. The third-order valence-corrected chi connectivity index (χ3v) is 15.6. The molecule has 0 fully saturated rings. The smallest absolute Gasteiger partial charge is 0.0715 e. The summed E-state index contributed by atoms with van der Waals surface area (Å²) in [5.41, 5.74) is 21.7. The number of hydrogen-bond acceptors (Lipinski definition) is 1. The Hall–Kier alpha value is -9.25. The highest BCUT2D eigenvalue weighted by atomic mass is 15.0. The molecule has 0 saturated heterocycles. The highest BCUT2D eigenvalue weighted by molar-refractivity contribution is 6.11. The Morgan fingerprint density at radius 2 is 0.639 bits per heavy atom. The molecule has 4 aromatic heterocycles. The Morgan fingerprint density at radius 1 is 0.278 bits per heavy atom. The highest BCUT2D eigenvalue weighted by Gasteiger charge is 2.35. The van der Waals surface area contributed by atoms with Gasteiger partial charge in [-0.3, -0.25) is 0 Å². The SMILES string of the molecule is CC1(C)c2ccccc2-c2ccc(-c3cc(-c4cc(-n5c6ccccc6c6ccccc65)cc(-n5c6ccccc6c6ccccc65)c4)cc(-c4ccc(-n5c6ccccc6c6ccccc65)cc4)n3)cc21. The first kappa shape index (κ1) is 40.6. The van der Waals surface area contributed by atoms with Crippen molar-refractivity contribution in [2.24, 2.45) is 0 Å². The minimum absolute atomic E-state index is 0.154. The summed E-state index contributed by atoms with van der Waals surface area (Å²) in [6.07, 6.45) is 0. The normalized spacial score (nSPS) is 13.0. The number of para-hydroxylation sites is 6. The molecule has 4 heterocycles. The predicted molar refractivity (Wildman–Crippen MR) is 301 cm³/mol. The summed E-state index contributed by atoms with van der Waals surface area (Å²) in [6, 6.07) is 89.2. The van der Waals surface area contributed by atoms with Gasteiger partial charge in [-0.15, -0.1) is 0 Å². The molecule has 15 rings (SSSR count). The molecule has 0 saturated carbocycles. The summed E-state index contributed by atoms with van der Waals surface area (Å²) in [6.45, 7) is 4.71. The fourth-order valence-corrected chi connectivity index (χ4v) is 12.3. The molecule has 338 valence electrons. The Kier molecular flexibility index (Phi) is 8.67. The highest BCUT2D eigenvalue weighted by Crippen LogP contribution is 2.50. The second-order valence-corrected chi connectivity index (χ2v) is 20.0. The maximum Gasteiger partial charge on any atom is 0.0715 e. The van der Waals surface area contributed by atoms with Crippen LogP contribution in [0.5, 0.6) is 0 Å². The molecular weight excluding hydrogens is 873 g/mol. The lowest BCUT2D eigenvalue weighted by Gasteiger charge is -2.22. The monoisotopic (exact) mass is 918 g/mol. The summed E-state index contributed by atoms with van der Waals surface area (Å²) >= 11 is 0. The van der Waals surface area contributed by atoms with Crippen molar-refractivity contribution in [3.8, 4) is 61.8 Å². The van der Waals surface area contributed by atoms with E-state index >= 15 is 0 Å². The molecule has 14 aromatic rings. The Bertz CT molecular complexity index is 4250. The van der Waals surface area contributed by atoms with Crippen LogP contribution in [0.15, 0.2) is 243 Å². The van der Waals surface area contributed by atoms with E-state index in [1.54, 1.807) is 0 Å². The molecule has 0 atom stereocenters. The van der Waals surface area contributed by atoms with Crippen molar-refractivity contribution in [3.05, 3.63) is 254 Å². The van der Waals surface area contributed by atoms with Gasteiger partial charge in [0.2, 0.25) is 0 Å². The molecule has 1 aliphatic carbocycles. The van der Waals surface area contributed by atoms with Crippen LogP contribution < -0.4 is 0 Å². The molecule has 72 heavy (non-hydrogen) atoms. The topological polar surface area (TPSA) is 27.7 Å². The first-order valence-electron chi connectivity index (χ1n) is 24.9. The Morgan fingerprint density at radius 3 is 1.11 bits per heavy atom. The van der Waals surface area contributed by atoms with Gasteiger partial charge in [0.25, 0.3) is 0 Å². The van der Waals surface area contributed by atoms with E-state index < -0.39 is 0 Å². The van der Waals surface area contributed by atoms with Gasteiger partial charge in [0.15, 0.2) is 0 Å². The van der Waals surface area contributed by atoms with E-state index in [0.717, 1.165) is 50.7 Å². The fourth-order valence-electron chi connectivity index (χ4n) is 12.3. The van der Waals surface area contributed by atoms with Gasteiger partial charge in [0.05, 0.1) is 44.5 Å². The number of fused-ring (bicyclic) bond motifs is 12. The largest absolute Gasteiger partial charge is 0.309 e. The number of pyridine rings is 1. The molecule has 0 N–H and O–H groups in total. The van der Waals surface area contributed by atoms with Gasteiger partial charge in [-0.1, -0.05) is 172 Å². The zero-order chi connectivity index (χ0) is 47.7. The molecular formula is C68H46N4. The van der Waals surface area contributed by atoms with Crippen LogP contribution in [-0.2, 0) is 5.41 Å². The summed E-state index contributed by atoms with van der Waals surface area (Å²) < 4.78 is 7.27. The first-order valence-corrected chi connectivity index (χ1v) is 24.9. The summed E-state index contributed by atoms with van der Waals surface area (Å²) in [5, 5.41) is 7.43. The van der Waals surface area contributed by atoms with E-state index in [-0.39, 0.29) is 5.41 Å². The molecule has 1 aliphatic rings. The van der Waals surface area contributed by atoms with Crippen LogP contribution in [0, 0.1) is 0 Å². The number of benzene rings is 10. The van der Waals surface area contributed by atoms with E-state index in [1.165, 1.54) is 87.7 Å². The molecule has 0 radical (unpaired) electrons. The van der Waals surface area contributed by atoms with Crippen molar-refractivity contribution in [2.45, 2.75) is 19.3 Å². The lowest BCUT2D eigenvalue weighted by Crippen LogP contribution is -2.14. The maximum atomic E-state index is 5.61. The third kappa shape index (κ3) is 5.96. The van der Waals surface area contributed by atoms with E-state index in [9.17, 15) is 0 Å². The van der Waals surface area contributed by atoms with Gasteiger partial charge >= 0.3 is 0 Å². The van der Waals surface area contributed by atoms with Crippen molar-refractivity contribution in [1.29, 1.82) is 0 Å². The Labute approximate surface area is 416 Å². The van der Waals surface area contributed by atoms with Crippen LogP contribution in [0.25, 0.3) is 127 Å². The van der Waals surface area contributed by atoms with Crippen molar-refractivity contribution < 1.29 is 0 Å². The van der Waals surface area contributed by atoms with E-state index in [1.807, 2.05) is 0 Å². The minimum Gasteiger partial charge on any atom is -0.309 e. The van der Waals surface area contributed by atoms with Crippen LogP contribution in [-0.4, -0.2) is 18.7 Å². The second-order valence-electron chi connectivity index (χ2n) is 20.0. The van der Waals surface area contributed by atoms with Crippen molar-refractivity contribution in [3.63, 3.8) is 0 Å². The van der Waals surface area contributed by atoms with Crippen LogP contribution >= 0.6 is 0 Å². The van der Waals surface area contributed by atoms with E-state index in [4.69, 9.17) is 4.98 Å². The molecule has 0 unspecified atom stereocenters. The minimum atomic E-state index is -0.154. The van der Waals surface area contributed by atoms with E-state index in [0.29, 0.717) is 0 Å². The van der Waals surface area contributed by atoms with Gasteiger partial charge in [-0.2, -0.15) is 0 Å². The molecule has 4 nitrogen and oxygen atoms in total. The fraction of sp³-hybridized carbons (Fsp3) is 0.0441. The standard InChI is InChI=1S/C68H46N4/c1-68(2)58-24-10-3-17-50(58)51-36-33-44(39-59(51)68)61-41-46(40-60(69-61)43-31-34-47(35-32-43)70-62-25-11-4-18-52(62)53-19-5-12-26-63(53)70)45-37-48(71-64-27-13-6-20-54(64)55-21-7-14-28-65(55)71)42-49(38-45)72-66-29-15-8-22-56(66)57-23-9-16-30-67(57)72/h3-42H,1-2H3. The van der Waals surface area contributed by atoms with Crippen LogP contribution in [0.4, 0.5) is 0 Å². The van der Waals surface area contributed by atoms with Gasteiger partial charge in [0, 0.05) is 65.9 Å². The average molecular weight is 919 g/mol. The lowest BCUT2D eigenvalue weighted by molar-refractivity contribution is 0.660. The van der Waals surface area contributed by atoms with Crippen molar-refractivity contribution in [1.82, 2.24) is 18.7 Å². The quantitative estimate of drug-likeness (QED) is 0.163. The summed E-state index contributed by atoms with van der Waals surface area (Å²) in [4.78, 5) is 5.61. The number of nitrogens with zero attached hydrogens (tertiary/aromatic N) is 4. The number of rotatable bonds is 6. The number of hydrogen-bond donors (Lipinski definition) is 0. The van der Waals surface area contributed by atoms with Crippen molar-refractivity contribution in [2.75, 3.05) is 0 Å². The van der Waals surface area contributed by atoms with Crippen molar-refractivity contribution >= 4 is 65.4 Å². The van der Waals surface area contributed by atoms with Gasteiger partial charge in [-0.25, -0.2) is 4.98 Å². The molecule has 0 bridgehead atoms. The van der Waals surface area contributed by atoms with Gasteiger partial charge in [0.1, 0.15) is 0 Å². The van der Waals surface area contributed by atoms with Crippen LogP contribution in [0.1, 0.15) is 25.0 Å². The average Bonchev–Trinajstić information content (AvgIpc) is 4.14. The molecule has 0 amide bonds. The van der Waals surface area contributed by atoms with Gasteiger partial charge in [-0.05, 0) is 118 Å². The maximum absolute atomic E-state index is 5.61. The van der Waals surface area contributed by atoms with E-state index in [2.05, 4.69) is 270 Å². The predicted octanol–water partition coefficient (Wildman–Crippen LogP) is 17.7. The molecule has 10 aromatic carbocycles. The number of aromatic nitrogens is 4. The Balaban J connectivity index is 0.979. The molecule has 4 heteroatoms. The van der Waals surface area contributed by atoms with Gasteiger partial charge < -0.3 is 13.7 Å². The van der Waals surface area contributed by atoms with Crippen LogP contribution in [0.2, 0.25) is 0 Å². The zero-order valence-electron chi connectivity index (χ0n) is 39.9. The molecule has 0 aliphatic heterocycles.